The number of hydrogen-bond acceptors (Lipinski definition) is 4. The largest absolute Gasteiger partial charge is 0.396 e. The summed E-state index contributed by atoms with van der Waals surface area (Å²) in [5, 5.41) is 17.1. The maximum absolute atomic E-state index is 10.6. The molecule has 0 saturated carbocycles. The van der Waals surface area contributed by atoms with Crippen LogP contribution in [-0.2, 0) is 0 Å². The van der Waals surface area contributed by atoms with Gasteiger partial charge in [0.2, 0.25) is 0 Å². The molecule has 0 atom stereocenters. The number of nitro benzene ring substituents is 1. The Morgan fingerprint density at radius 3 is 2.75 bits per heavy atom. The van der Waals surface area contributed by atoms with Crippen molar-refractivity contribution in [2.24, 2.45) is 0 Å². The van der Waals surface area contributed by atoms with Gasteiger partial charge in [0.25, 0.3) is 5.69 Å². The maximum atomic E-state index is 10.6. The fourth-order valence-electron chi connectivity index (χ4n) is 1.33. The zero-order chi connectivity index (χ0) is 11.7. The van der Waals surface area contributed by atoms with Gasteiger partial charge in [-0.15, -0.1) is 0 Å². The standard InChI is InChI=1S/C9H7BrN4O2/c10-7-3-5(14(15)16)1-2-6(7)9-8(11)4-12-13-9/h1-4H,11H2,(H,12,13). The number of nitrogen functional groups attached to an aromatic ring is 1. The number of hydrogen-bond donors (Lipinski definition) is 2. The maximum Gasteiger partial charge on any atom is 0.270 e. The van der Waals surface area contributed by atoms with Gasteiger partial charge in [0.05, 0.1) is 22.5 Å². The number of benzene rings is 1. The minimum Gasteiger partial charge on any atom is -0.396 e. The Morgan fingerprint density at radius 1 is 1.50 bits per heavy atom. The monoisotopic (exact) mass is 282 g/mol. The number of halogens is 1. The third kappa shape index (κ3) is 1.76. The highest BCUT2D eigenvalue weighted by molar-refractivity contribution is 9.10. The summed E-state index contributed by atoms with van der Waals surface area (Å²) >= 11 is 3.26. The zero-order valence-electron chi connectivity index (χ0n) is 7.98. The summed E-state index contributed by atoms with van der Waals surface area (Å²) in [5.41, 5.74) is 7.58. The van der Waals surface area contributed by atoms with E-state index in [1.165, 1.54) is 18.3 Å². The molecule has 6 nitrogen and oxygen atoms in total. The molecule has 0 aliphatic heterocycles. The minimum atomic E-state index is -0.454. The number of nitrogens with zero attached hydrogens (tertiary/aromatic N) is 2. The first kappa shape index (κ1) is 10.6. The van der Waals surface area contributed by atoms with Crippen LogP contribution in [0, 0.1) is 10.1 Å². The van der Waals surface area contributed by atoms with Crippen LogP contribution in [0.15, 0.2) is 28.9 Å². The van der Waals surface area contributed by atoms with Gasteiger partial charge in [-0.2, -0.15) is 5.10 Å². The highest BCUT2D eigenvalue weighted by Crippen LogP contribution is 2.32. The average molecular weight is 283 g/mol. The van der Waals surface area contributed by atoms with Gasteiger partial charge < -0.3 is 5.73 Å². The van der Waals surface area contributed by atoms with Crippen LogP contribution in [0.3, 0.4) is 0 Å². The van der Waals surface area contributed by atoms with Crippen LogP contribution >= 0.6 is 15.9 Å². The van der Waals surface area contributed by atoms with E-state index in [4.69, 9.17) is 5.73 Å². The van der Waals surface area contributed by atoms with Gasteiger partial charge in [-0.3, -0.25) is 15.2 Å². The van der Waals surface area contributed by atoms with Gasteiger partial charge >= 0.3 is 0 Å². The lowest BCUT2D eigenvalue weighted by molar-refractivity contribution is -0.384. The van der Waals surface area contributed by atoms with Gasteiger partial charge in [-0.05, 0) is 22.0 Å². The number of non-ortho nitro benzene ring substituents is 1. The Morgan fingerprint density at radius 2 is 2.25 bits per heavy atom. The smallest absolute Gasteiger partial charge is 0.270 e. The van der Waals surface area contributed by atoms with E-state index in [-0.39, 0.29) is 5.69 Å². The number of anilines is 1. The van der Waals surface area contributed by atoms with Crippen molar-refractivity contribution < 1.29 is 4.92 Å². The topological polar surface area (TPSA) is 97.8 Å². The van der Waals surface area contributed by atoms with E-state index < -0.39 is 4.92 Å². The van der Waals surface area contributed by atoms with Crippen LogP contribution in [0.25, 0.3) is 11.3 Å². The van der Waals surface area contributed by atoms with Crippen molar-refractivity contribution in [1.82, 2.24) is 10.2 Å². The molecule has 3 N–H and O–H groups in total. The number of nitro groups is 1. The van der Waals surface area contributed by atoms with Crippen molar-refractivity contribution in [2.75, 3.05) is 5.73 Å². The van der Waals surface area contributed by atoms with Crippen LogP contribution in [0.1, 0.15) is 0 Å². The summed E-state index contributed by atoms with van der Waals surface area (Å²) in [7, 11) is 0. The Hall–Kier alpha value is -1.89. The van der Waals surface area contributed by atoms with E-state index in [1.54, 1.807) is 6.07 Å². The summed E-state index contributed by atoms with van der Waals surface area (Å²) < 4.78 is 0.595. The van der Waals surface area contributed by atoms with Gasteiger partial charge in [0, 0.05) is 22.2 Å². The van der Waals surface area contributed by atoms with E-state index >= 15 is 0 Å². The molecule has 0 aliphatic rings. The fraction of sp³-hybridized carbons (Fsp3) is 0. The molecule has 82 valence electrons. The van der Waals surface area contributed by atoms with Gasteiger partial charge in [0.1, 0.15) is 0 Å². The van der Waals surface area contributed by atoms with Crippen LogP contribution in [-0.4, -0.2) is 15.1 Å². The predicted molar refractivity (Wildman–Crippen MR) is 62.8 cm³/mol. The van der Waals surface area contributed by atoms with Crippen molar-refractivity contribution in [3.63, 3.8) is 0 Å². The third-order valence-electron chi connectivity index (χ3n) is 2.10. The van der Waals surface area contributed by atoms with E-state index in [0.29, 0.717) is 15.9 Å². The highest BCUT2D eigenvalue weighted by atomic mass is 79.9. The van der Waals surface area contributed by atoms with Crippen LogP contribution in [0.2, 0.25) is 0 Å². The molecule has 0 aliphatic carbocycles. The SMILES string of the molecule is Nc1cn[nH]c1-c1ccc([N+](=O)[O-])cc1Br. The van der Waals surface area contributed by atoms with Gasteiger partial charge in [-0.25, -0.2) is 0 Å². The number of rotatable bonds is 2. The van der Waals surface area contributed by atoms with E-state index in [1.807, 2.05) is 0 Å². The molecule has 1 aromatic heterocycles. The van der Waals surface area contributed by atoms with Crippen molar-refractivity contribution in [3.05, 3.63) is 39.0 Å². The molecule has 0 amide bonds. The predicted octanol–water partition coefficient (Wildman–Crippen LogP) is 2.33. The lowest BCUT2D eigenvalue weighted by atomic mass is 10.1. The quantitative estimate of drug-likeness (QED) is 0.652. The molecule has 1 aromatic carbocycles. The molecular weight excluding hydrogens is 276 g/mol. The van der Waals surface area contributed by atoms with Crippen LogP contribution < -0.4 is 5.73 Å². The van der Waals surface area contributed by atoms with Crippen LogP contribution in [0.4, 0.5) is 11.4 Å². The molecule has 0 fully saturated rings. The molecule has 0 saturated heterocycles. The second-order valence-electron chi connectivity index (χ2n) is 3.12. The summed E-state index contributed by atoms with van der Waals surface area (Å²) in [4.78, 5) is 10.1. The summed E-state index contributed by atoms with van der Waals surface area (Å²) in [6.07, 6.45) is 1.49. The average Bonchev–Trinajstić information content (AvgIpc) is 2.64. The van der Waals surface area contributed by atoms with Crippen LogP contribution in [0.5, 0.6) is 0 Å². The molecule has 16 heavy (non-hydrogen) atoms. The Labute approximate surface area is 98.7 Å². The lowest BCUT2D eigenvalue weighted by Gasteiger charge is -2.02. The first-order chi connectivity index (χ1) is 7.59. The van der Waals surface area contributed by atoms with Gasteiger partial charge in [0.15, 0.2) is 0 Å². The highest BCUT2D eigenvalue weighted by Gasteiger charge is 2.13. The molecule has 0 spiro atoms. The van der Waals surface area contributed by atoms with E-state index in [9.17, 15) is 10.1 Å². The minimum absolute atomic E-state index is 0.0220. The van der Waals surface area contributed by atoms with Gasteiger partial charge in [-0.1, -0.05) is 0 Å². The normalized spacial score (nSPS) is 10.3. The summed E-state index contributed by atoms with van der Waals surface area (Å²) in [6, 6.07) is 4.46. The Kier molecular flexibility index (Phi) is 2.61. The van der Waals surface area contributed by atoms with Crippen molar-refractivity contribution in [1.29, 1.82) is 0 Å². The second kappa shape index (κ2) is 3.93. The third-order valence-corrected chi connectivity index (χ3v) is 2.76. The number of aromatic amines is 1. The molecule has 0 bridgehead atoms. The van der Waals surface area contributed by atoms with Crippen molar-refractivity contribution in [3.8, 4) is 11.3 Å². The summed E-state index contributed by atoms with van der Waals surface area (Å²) in [6.45, 7) is 0. The number of aromatic nitrogens is 2. The van der Waals surface area contributed by atoms with E-state index in [2.05, 4.69) is 26.1 Å². The number of nitrogens with one attached hydrogen (secondary N) is 1. The molecule has 2 rings (SSSR count). The molecule has 7 heteroatoms. The number of nitrogens with two attached hydrogens (primary N) is 1. The summed E-state index contributed by atoms with van der Waals surface area (Å²) in [5.74, 6) is 0. The molecular formula is C9H7BrN4O2. The molecule has 0 radical (unpaired) electrons. The first-order valence-corrected chi connectivity index (χ1v) is 5.12. The van der Waals surface area contributed by atoms with E-state index in [0.717, 1.165) is 5.56 Å². The zero-order valence-corrected chi connectivity index (χ0v) is 9.56. The molecule has 0 unspecified atom stereocenters. The Bertz CT molecular complexity index is 552. The molecule has 1 heterocycles. The first-order valence-electron chi connectivity index (χ1n) is 4.32. The number of H-pyrrole nitrogens is 1. The second-order valence-corrected chi connectivity index (χ2v) is 3.98. The Balaban J connectivity index is 2.52. The lowest BCUT2D eigenvalue weighted by Crippen LogP contribution is -1.91. The van der Waals surface area contributed by atoms with Crippen molar-refractivity contribution >= 4 is 27.3 Å². The fourth-order valence-corrected chi connectivity index (χ4v) is 1.90. The molecule has 2 aromatic rings. The van der Waals surface area contributed by atoms with Crippen molar-refractivity contribution in [2.45, 2.75) is 0 Å².